The summed E-state index contributed by atoms with van der Waals surface area (Å²) in [5.74, 6) is 0.458. The molecule has 3 atom stereocenters. The molecule has 1 aromatic heterocycles. The van der Waals surface area contributed by atoms with E-state index in [9.17, 15) is 0 Å². The Labute approximate surface area is 293 Å². The molecule has 0 fully saturated rings. The molecule has 3 heteroatoms. The van der Waals surface area contributed by atoms with E-state index in [1.807, 2.05) is 0 Å². The third kappa shape index (κ3) is 4.61. The maximum Gasteiger partial charge on any atom is 0.160 e. The Morgan fingerprint density at radius 2 is 1.44 bits per heavy atom. The summed E-state index contributed by atoms with van der Waals surface area (Å²) in [4.78, 5) is 0. The van der Waals surface area contributed by atoms with E-state index in [0.29, 0.717) is 5.92 Å². The quantitative estimate of drug-likeness (QED) is 0.200. The van der Waals surface area contributed by atoms with Crippen LogP contribution in [0.25, 0.3) is 55.0 Å². The predicted octanol–water partition coefficient (Wildman–Crippen LogP) is 11.2. The fourth-order valence-corrected chi connectivity index (χ4v) is 8.88. The van der Waals surface area contributed by atoms with Crippen LogP contribution in [-0.2, 0) is 0 Å². The van der Waals surface area contributed by atoms with Gasteiger partial charge in [-0.2, -0.15) is 0 Å². The van der Waals surface area contributed by atoms with Crippen molar-refractivity contribution >= 4 is 43.8 Å². The molecule has 0 saturated carbocycles. The minimum absolute atomic E-state index is 0.0798. The molecule has 0 amide bonds. The number of para-hydroxylation sites is 1. The first kappa shape index (κ1) is 29.3. The van der Waals surface area contributed by atoms with Gasteiger partial charge in [0.05, 0.1) is 17.1 Å². The van der Waals surface area contributed by atoms with Gasteiger partial charge in [-0.1, -0.05) is 147 Å². The van der Waals surface area contributed by atoms with Gasteiger partial charge in [-0.3, -0.25) is 5.32 Å². The first-order chi connectivity index (χ1) is 24.7. The van der Waals surface area contributed by atoms with Crippen LogP contribution < -0.4 is 10.6 Å². The molecule has 242 valence electrons. The van der Waals surface area contributed by atoms with Crippen LogP contribution in [0.4, 0.5) is 0 Å². The van der Waals surface area contributed by atoms with Gasteiger partial charge in [-0.05, 0) is 92.6 Å². The van der Waals surface area contributed by atoms with E-state index < -0.39 is 0 Å². The summed E-state index contributed by atoms with van der Waals surface area (Å²) in [6.45, 7) is 2.41. The fraction of sp³-hybridized carbons (Fsp3) is 0.149. The molecule has 50 heavy (non-hydrogen) atoms. The number of nitrogens with one attached hydrogen (secondary N) is 2. The summed E-state index contributed by atoms with van der Waals surface area (Å²) in [5.41, 5.74) is 14.4. The average molecular weight is 646 g/mol. The molecule has 2 N–H and O–H groups in total. The molecule has 0 bridgehead atoms. The maximum absolute atomic E-state index is 4.03. The van der Waals surface area contributed by atoms with Crippen molar-refractivity contribution in [2.45, 2.75) is 38.5 Å². The lowest BCUT2D eigenvalue weighted by molar-refractivity contribution is 0.363. The van der Waals surface area contributed by atoms with E-state index in [4.69, 9.17) is 0 Å². The van der Waals surface area contributed by atoms with Crippen LogP contribution in [0.3, 0.4) is 0 Å². The van der Waals surface area contributed by atoms with E-state index in [1.54, 1.807) is 0 Å². The first-order valence-electron chi connectivity index (χ1n) is 18.1. The molecule has 3 unspecified atom stereocenters. The highest BCUT2D eigenvalue weighted by Crippen LogP contribution is 2.46. The summed E-state index contributed by atoms with van der Waals surface area (Å²) in [6, 6.07) is 40.3. The Bertz CT molecular complexity index is 2520. The van der Waals surface area contributed by atoms with Crippen LogP contribution in [0.15, 0.2) is 168 Å². The summed E-state index contributed by atoms with van der Waals surface area (Å²) >= 11 is 0. The second-order valence-corrected chi connectivity index (χ2v) is 14.1. The number of aromatic nitrogens is 1. The molecule has 0 spiro atoms. The summed E-state index contributed by atoms with van der Waals surface area (Å²) < 4.78 is 2.53. The van der Waals surface area contributed by atoms with Crippen molar-refractivity contribution < 1.29 is 0 Å². The zero-order chi connectivity index (χ0) is 33.2. The van der Waals surface area contributed by atoms with Crippen LogP contribution in [0.5, 0.6) is 0 Å². The zero-order valence-electron chi connectivity index (χ0n) is 28.2. The highest BCUT2D eigenvalue weighted by atomic mass is 15.3. The van der Waals surface area contributed by atoms with Crippen molar-refractivity contribution in [1.82, 2.24) is 15.2 Å². The van der Waals surface area contributed by atoms with Gasteiger partial charge in [-0.15, -0.1) is 0 Å². The number of fused-ring (bicyclic) bond motifs is 7. The van der Waals surface area contributed by atoms with Crippen molar-refractivity contribution in [3.05, 3.63) is 180 Å². The lowest BCUT2D eigenvalue weighted by atomic mass is 9.76. The second-order valence-electron chi connectivity index (χ2n) is 14.1. The van der Waals surface area contributed by atoms with Crippen molar-refractivity contribution in [3.8, 4) is 11.1 Å². The molecule has 3 aliphatic carbocycles. The molecule has 4 aliphatic rings. The van der Waals surface area contributed by atoms with Gasteiger partial charge in [-0.25, -0.2) is 0 Å². The summed E-state index contributed by atoms with van der Waals surface area (Å²) in [7, 11) is 0. The molecule has 1 aliphatic heterocycles. The third-order valence-electron chi connectivity index (χ3n) is 11.2. The van der Waals surface area contributed by atoms with Crippen LogP contribution >= 0.6 is 0 Å². The number of nitrogens with zero attached hydrogens (tertiary/aromatic N) is 1. The van der Waals surface area contributed by atoms with Gasteiger partial charge >= 0.3 is 0 Å². The third-order valence-corrected chi connectivity index (χ3v) is 11.2. The maximum atomic E-state index is 4.03. The van der Waals surface area contributed by atoms with E-state index in [0.717, 1.165) is 19.3 Å². The van der Waals surface area contributed by atoms with Gasteiger partial charge in [0.25, 0.3) is 0 Å². The summed E-state index contributed by atoms with van der Waals surface area (Å²) in [6.07, 6.45) is 19.1. The number of hydrogen-bond donors (Lipinski definition) is 2. The van der Waals surface area contributed by atoms with Crippen molar-refractivity contribution in [2.24, 2.45) is 5.92 Å². The smallest absolute Gasteiger partial charge is 0.160 e. The Balaban J connectivity index is 1.18. The van der Waals surface area contributed by atoms with E-state index in [2.05, 4.69) is 174 Å². The van der Waals surface area contributed by atoms with Gasteiger partial charge in [0, 0.05) is 16.5 Å². The standard InChI is InChI=1S/C47H39N3/c1-30-23-24-33-15-5-6-16-35(33)44(30)40-29-43-45(37-18-8-7-17-36(37)40)39-20-10-12-22-42(39)50(43)47-48-41-21-11-9-19-38(41)46(49-47)34-27-25-32(26-28-34)31-13-3-2-4-14-31/h2-5,7-15,17-22,24-30,41,47-49H,6,16,23H2,1H3. The van der Waals surface area contributed by atoms with Gasteiger partial charge in [0.15, 0.2) is 6.29 Å². The monoisotopic (exact) mass is 645 g/mol. The largest absolute Gasteiger partial charge is 0.352 e. The normalized spacial score (nSPS) is 21.5. The number of benzene rings is 5. The highest BCUT2D eigenvalue weighted by Gasteiger charge is 2.31. The molecule has 10 rings (SSSR count). The van der Waals surface area contributed by atoms with Gasteiger partial charge in [0.1, 0.15) is 0 Å². The topological polar surface area (TPSA) is 29.0 Å². The van der Waals surface area contributed by atoms with E-state index in [-0.39, 0.29) is 12.3 Å². The lowest BCUT2D eigenvalue weighted by Gasteiger charge is -2.37. The molecule has 6 aromatic rings. The molecule has 2 heterocycles. The second kappa shape index (κ2) is 11.8. The molecule has 0 radical (unpaired) electrons. The minimum atomic E-state index is -0.172. The Morgan fingerprint density at radius 1 is 0.700 bits per heavy atom. The average Bonchev–Trinajstić information content (AvgIpc) is 3.52. The van der Waals surface area contributed by atoms with E-state index >= 15 is 0 Å². The molecule has 0 saturated heterocycles. The van der Waals surface area contributed by atoms with Crippen LogP contribution in [0.2, 0.25) is 0 Å². The fourth-order valence-electron chi connectivity index (χ4n) is 8.88. The number of hydrogen-bond acceptors (Lipinski definition) is 2. The van der Waals surface area contributed by atoms with Crippen molar-refractivity contribution in [2.75, 3.05) is 0 Å². The van der Waals surface area contributed by atoms with Crippen molar-refractivity contribution in [1.29, 1.82) is 0 Å². The van der Waals surface area contributed by atoms with Crippen LogP contribution in [-0.4, -0.2) is 10.6 Å². The Kier molecular flexibility index (Phi) is 6.89. The summed E-state index contributed by atoms with van der Waals surface area (Å²) in [5, 5.41) is 13.3. The highest BCUT2D eigenvalue weighted by molar-refractivity contribution is 6.23. The van der Waals surface area contributed by atoms with E-state index in [1.165, 1.54) is 82.8 Å². The Hall–Kier alpha value is -5.64. The number of rotatable bonds is 4. The van der Waals surface area contributed by atoms with Gasteiger partial charge < -0.3 is 9.88 Å². The molecular formula is C47H39N3. The van der Waals surface area contributed by atoms with Crippen molar-refractivity contribution in [3.63, 3.8) is 0 Å². The number of allylic oxidation sites excluding steroid dienone is 8. The minimum Gasteiger partial charge on any atom is -0.352 e. The zero-order valence-corrected chi connectivity index (χ0v) is 28.2. The molecule has 5 aromatic carbocycles. The van der Waals surface area contributed by atoms with Crippen LogP contribution in [0.1, 0.15) is 43.6 Å². The van der Waals surface area contributed by atoms with Crippen LogP contribution in [0, 0.1) is 5.92 Å². The lowest BCUT2D eigenvalue weighted by Crippen LogP contribution is -2.48. The molecular weight excluding hydrogens is 607 g/mol. The molecule has 3 nitrogen and oxygen atoms in total. The first-order valence-corrected chi connectivity index (χ1v) is 18.1. The Morgan fingerprint density at radius 3 is 2.30 bits per heavy atom. The van der Waals surface area contributed by atoms with Gasteiger partial charge in [0.2, 0.25) is 0 Å². The predicted molar refractivity (Wildman–Crippen MR) is 210 cm³/mol. The SMILES string of the molecule is CC1CC=C2C=CCCC2=C1c1cc2c(c3ccccc13)c1ccccc1n2C1NC(c2ccc(-c3ccccc3)cc2)=C2C=CC=CC2N1.